The number of carbonyl (C=O) groups excluding carboxylic acids is 1. The molecular weight excluding hydrogens is 272 g/mol. The number of cyclic esters (lactones) is 2. The van der Waals surface area contributed by atoms with Crippen LogP contribution in [0.15, 0.2) is 36.4 Å². The summed E-state index contributed by atoms with van der Waals surface area (Å²) >= 11 is 0. The smallest absolute Gasteiger partial charge is 0.497 e. The van der Waals surface area contributed by atoms with Crippen molar-refractivity contribution in [1.82, 2.24) is 0 Å². The van der Waals surface area contributed by atoms with Gasteiger partial charge in [0.15, 0.2) is 12.2 Å². The van der Waals surface area contributed by atoms with Gasteiger partial charge in [-0.2, -0.15) is 0 Å². The van der Waals surface area contributed by atoms with Gasteiger partial charge >= 0.3 is 6.16 Å². The molecule has 2 rings (SSSR count). The lowest BCUT2D eigenvalue weighted by Gasteiger charge is -2.12. The first-order valence-electron chi connectivity index (χ1n) is 6.97. The molecular formula is C16H20O5. The van der Waals surface area contributed by atoms with Gasteiger partial charge in [-0.1, -0.05) is 25.1 Å². The number of allylic oxidation sites excluding steroid dienone is 1. The summed E-state index contributed by atoms with van der Waals surface area (Å²) in [6.45, 7) is 2.77. The largest absolute Gasteiger partial charge is 0.509 e. The van der Waals surface area contributed by atoms with Crippen LogP contribution in [0.2, 0.25) is 0 Å². The van der Waals surface area contributed by atoms with Gasteiger partial charge in [-0.25, -0.2) is 4.79 Å². The molecule has 1 aliphatic rings. The van der Waals surface area contributed by atoms with Crippen LogP contribution in [0.25, 0.3) is 0 Å². The zero-order chi connectivity index (χ0) is 15.1. The second kappa shape index (κ2) is 7.69. The van der Waals surface area contributed by atoms with Crippen molar-refractivity contribution < 1.29 is 23.7 Å². The van der Waals surface area contributed by atoms with Crippen LogP contribution in [0, 0.1) is 0 Å². The Hall–Kier alpha value is -2.01. The van der Waals surface area contributed by atoms with Crippen molar-refractivity contribution in [1.29, 1.82) is 0 Å². The molecule has 1 heterocycles. The highest BCUT2D eigenvalue weighted by molar-refractivity contribution is 5.63. The quantitative estimate of drug-likeness (QED) is 0.571. The molecule has 0 amide bonds. The zero-order valence-corrected chi connectivity index (χ0v) is 12.3. The van der Waals surface area contributed by atoms with Crippen molar-refractivity contribution in [3.05, 3.63) is 42.0 Å². The maximum atomic E-state index is 11.2. The Morgan fingerprint density at radius 3 is 2.67 bits per heavy atom. The van der Waals surface area contributed by atoms with Crippen LogP contribution in [-0.2, 0) is 20.8 Å². The number of hydrogen-bond donors (Lipinski definition) is 0. The van der Waals surface area contributed by atoms with E-state index in [0.29, 0.717) is 13.2 Å². The Bertz CT molecular complexity index is 480. The first-order chi connectivity index (χ1) is 10.2. The summed E-state index contributed by atoms with van der Waals surface area (Å²) < 4.78 is 20.9. The molecule has 0 N–H and O–H groups in total. The maximum Gasteiger partial charge on any atom is 0.509 e. The SMILES string of the molecule is CC/C=C\[C@@H]1OC(=O)O[C@H]1COCc1ccc(OC)cc1. The van der Waals surface area contributed by atoms with Crippen LogP contribution in [0.5, 0.6) is 5.75 Å². The Labute approximate surface area is 124 Å². The van der Waals surface area contributed by atoms with E-state index in [4.69, 9.17) is 18.9 Å². The van der Waals surface area contributed by atoms with Crippen molar-refractivity contribution in [3.8, 4) is 5.75 Å². The third-order valence-electron chi connectivity index (χ3n) is 3.12. The van der Waals surface area contributed by atoms with E-state index in [1.165, 1.54) is 0 Å². The van der Waals surface area contributed by atoms with Crippen LogP contribution in [0.1, 0.15) is 18.9 Å². The minimum absolute atomic E-state index is 0.302. The van der Waals surface area contributed by atoms with Gasteiger partial charge in [0, 0.05) is 0 Å². The summed E-state index contributed by atoms with van der Waals surface area (Å²) in [6.07, 6.45) is 3.27. The van der Waals surface area contributed by atoms with Crippen LogP contribution in [0.4, 0.5) is 4.79 Å². The van der Waals surface area contributed by atoms with E-state index in [0.717, 1.165) is 17.7 Å². The van der Waals surface area contributed by atoms with E-state index in [-0.39, 0.29) is 6.10 Å². The first kappa shape index (κ1) is 15.4. The summed E-state index contributed by atoms with van der Waals surface area (Å²) in [4.78, 5) is 11.2. The summed E-state index contributed by atoms with van der Waals surface area (Å²) in [5.74, 6) is 0.807. The molecule has 1 saturated heterocycles. The predicted molar refractivity (Wildman–Crippen MR) is 77.2 cm³/mol. The Kier molecular flexibility index (Phi) is 5.63. The second-order valence-electron chi connectivity index (χ2n) is 4.69. The van der Waals surface area contributed by atoms with Gasteiger partial charge in [0.2, 0.25) is 0 Å². The summed E-state index contributed by atoms with van der Waals surface area (Å²) in [6, 6.07) is 7.63. The lowest BCUT2D eigenvalue weighted by atomic mass is 10.2. The average Bonchev–Trinajstić information content (AvgIpc) is 2.86. The van der Waals surface area contributed by atoms with Crippen molar-refractivity contribution >= 4 is 6.16 Å². The van der Waals surface area contributed by atoms with E-state index in [1.54, 1.807) is 7.11 Å². The fourth-order valence-corrected chi connectivity index (χ4v) is 1.98. The standard InChI is InChI=1S/C16H20O5/c1-3-4-5-14-15(21-16(17)20-14)11-19-10-12-6-8-13(18-2)9-7-12/h4-9,14-15H,3,10-11H2,1-2H3/b5-4-/t14-,15-/m0/s1. The Morgan fingerprint density at radius 1 is 1.24 bits per heavy atom. The minimum Gasteiger partial charge on any atom is -0.497 e. The summed E-state index contributed by atoms with van der Waals surface area (Å²) in [7, 11) is 1.63. The highest BCUT2D eigenvalue weighted by atomic mass is 16.8. The van der Waals surface area contributed by atoms with Crippen molar-refractivity contribution in [2.24, 2.45) is 0 Å². The van der Waals surface area contributed by atoms with Crippen molar-refractivity contribution in [3.63, 3.8) is 0 Å². The van der Waals surface area contributed by atoms with E-state index in [9.17, 15) is 4.79 Å². The molecule has 0 bridgehead atoms. The van der Waals surface area contributed by atoms with E-state index in [1.807, 2.05) is 43.3 Å². The fraction of sp³-hybridized carbons (Fsp3) is 0.438. The molecule has 0 radical (unpaired) electrons. The maximum absolute atomic E-state index is 11.2. The molecule has 0 unspecified atom stereocenters. The van der Waals surface area contributed by atoms with Crippen LogP contribution in [-0.4, -0.2) is 32.1 Å². The third kappa shape index (κ3) is 4.49. The van der Waals surface area contributed by atoms with E-state index in [2.05, 4.69) is 0 Å². The second-order valence-corrected chi connectivity index (χ2v) is 4.69. The van der Waals surface area contributed by atoms with Gasteiger partial charge in [-0.05, 0) is 30.2 Å². The fourth-order valence-electron chi connectivity index (χ4n) is 1.98. The predicted octanol–water partition coefficient (Wildman–Crippen LogP) is 3.08. The molecule has 0 aliphatic carbocycles. The molecule has 0 aromatic heterocycles. The normalized spacial score (nSPS) is 21.3. The van der Waals surface area contributed by atoms with Crippen LogP contribution < -0.4 is 4.74 Å². The van der Waals surface area contributed by atoms with Crippen LogP contribution in [0.3, 0.4) is 0 Å². The van der Waals surface area contributed by atoms with Gasteiger partial charge in [0.25, 0.3) is 0 Å². The molecule has 21 heavy (non-hydrogen) atoms. The van der Waals surface area contributed by atoms with Crippen LogP contribution >= 0.6 is 0 Å². The number of rotatable bonds is 7. The number of hydrogen-bond acceptors (Lipinski definition) is 5. The molecule has 5 nitrogen and oxygen atoms in total. The lowest BCUT2D eigenvalue weighted by Crippen LogP contribution is -2.26. The molecule has 1 fully saturated rings. The number of benzene rings is 1. The molecule has 5 heteroatoms. The summed E-state index contributed by atoms with van der Waals surface area (Å²) in [5.41, 5.74) is 1.03. The highest BCUT2D eigenvalue weighted by Crippen LogP contribution is 2.18. The molecule has 114 valence electrons. The van der Waals surface area contributed by atoms with Gasteiger partial charge in [0.05, 0.1) is 20.3 Å². The van der Waals surface area contributed by atoms with Gasteiger partial charge in [-0.3, -0.25) is 0 Å². The molecule has 2 atom stereocenters. The van der Waals surface area contributed by atoms with Gasteiger partial charge in [-0.15, -0.1) is 0 Å². The van der Waals surface area contributed by atoms with Crippen molar-refractivity contribution in [2.45, 2.75) is 32.2 Å². The first-order valence-corrected chi connectivity index (χ1v) is 6.97. The molecule has 0 saturated carbocycles. The molecule has 1 aromatic rings. The Balaban J connectivity index is 1.81. The third-order valence-corrected chi connectivity index (χ3v) is 3.12. The number of methoxy groups -OCH3 is 1. The molecule has 1 aliphatic heterocycles. The molecule has 1 aromatic carbocycles. The average molecular weight is 292 g/mol. The summed E-state index contributed by atoms with van der Waals surface area (Å²) in [5, 5.41) is 0. The lowest BCUT2D eigenvalue weighted by molar-refractivity contribution is 0.0304. The van der Waals surface area contributed by atoms with Gasteiger partial charge in [0.1, 0.15) is 5.75 Å². The van der Waals surface area contributed by atoms with Gasteiger partial charge < -0.3 is 18.9 Å². The highest BCUT2D eigenvalue weighted by Gasteiger charge is 2.34. The molecule has 0 spiro atoms. The van der Waals surface area contributed by atoms with E-state index >= 15 is 0 Å². The topological polar surface area (TPSA) is 54.0 Å². The van der Waals surface area contributed by atoms with Crippen molar-refractivity contribution in [2.75, 3.05) is 13.7 Å². The Morgan fingerprint density at radius 2 is 2.00 bits per heavy atom. The zero-order valence-electron chi connectivity index (χ0n) is 12.3. The minimum atomic E-state index is -0.640. The monoisotopic (exact) mass is 292 g/mol. The van der Waals surface area contributed by atoms with E-state index < -0.39 is 12.3 Å². The number of ether oxygens (including phenoxy) is 4. The number of carbonyl (C=O) groups is 1.